The highest BCUT2D eigenvalue weighted by atomic mass is 32.2. The van der Waals surface area contributed by atoms with Crippen LogP contribution in [-0.2, 0) is 14.8 Å². The average Bonchev–Trinajstić information content (AvgIpc) is 2.67. The molecule has 0 fully saturated rings. The number of hydrogen-bond acceptors (Lipinski definition) is 5. The molecule has 0 aromatic heterocycles. The summed E-state index contributed by atoms with van der Waals surface area (Å²) in [5.74, 6) is 0.110. The lowest BCUT2D eigenvalue weighted by molar-refractivity contribution is 0.0499. The Morgan fingerprint density at radius 3 is 2.42 bits per heavy atom. The van der Waals surface area contributed by atoms with Crippen molar-refractivity contribution in [1.29, 1.82) is 0 Å². The van der Waals surface area contributed by atoms with Gasteiger partial charge in [0.1, 0.15) is 5.75 Å². The monoisotopic (exact) mass is 377 g/mol. The van der Waals surface area contributed by atoms with Gasteiger partial charge in [0, 0.05) is 7.05 Å². The molecule has 0 aliphatic carbocycles. The van der Waals surface area contributed by atoms with Crippen LogP contribution in [0.2, 0.25) is 0 Å². The molecular weight excluding hydrogens is 354 g/mol. The molecule has 26 heavy (non-hydrogen) atoms. The molecular formula is C19H23NO5S. The maximum absolute atomic E-state index is 12.9. The molecule has 0 heterocycles. The van der Waals surface area contributed by atoms with E-state index in [-0.39, 0.29) is 10.5 Å². The summed E-state index contributed by atoms with van der Waals surface area (Å²) in [5, 5.41) is 0. The number of carbonyl (C=O) groups is 1. The Balaban J connectivity index is 2.24. The lowest BCUT2D eigenvalue weighted by Gasteiger charge is -2.20. The molecule has 2 rings (SSSR count). The maximum Gasteiger partial charge on any atom is 0.338 e. The smallest absolute Gasteiger partial charge is 0.338 e. The largest absolute Gasteiger partial charge is 0.497 e. The van der Waals surface area contributed by atoms with Gasteiger partial charge in [-0.1, -0.05) is 19.4 Å². The Morgan fingerprint density at radius 1 is 1.12 bits per heavy atom. The van der Waals surface area contributed by atoms with Gasteiger partial charge in [0.15, 0.2) is 0 Å². The Morgan fingerprint density at radius 2 is 1.81 bits per heavy atom. The number of sulfonamides is 1. The van der Waals surface area contributed by atoms with Crippen molar-refractivity contribution in [3.8, 4) is 5.75 Å². The normalized spacial score (nSPS) is 11.0. The summed E-state index contributed by atoms with van der Waals surface area (Å²) in [6, 6.07) is 12.5. The van der Waals surface area contributed by atoms with E-state index in [4.69, 9.17) is 9.47 Å². The molecule has 0 bridgehead atoms. The van der Waals surface area contributed by atoms with Crippen LogP contribution in [0.5, 0.6) is 5.75 Å². The van der Waals surface area contributed by atoms with Gasteiger partial charge in [0.2, 0.25) is 0 Å². The Labute approximate surface area is 154 Å². The van der Waals surface area contributed by atoms with Crippen LogP contribution in [0, 0.1) is 0 Å². The fourth-order valence-corrected chi connectivity index (χ4v) is 3.51. The molecule has 6 nitrogen and oxygen atoms in total. The second-order valence-electron chi connectivity index (χ2n) is 5.69. The third-order valence-corrected chi connectivity index (χ3v) is 5.68. The van der Waals surface area contributed by atoms with Crippen LogP contribution in [-0.4, -0.2) is 35.2 Å². The number of rotatable bonds is 8. The van der Waals surface area contributed by atoms with Crippen LogP contribution in [0.15, 0.2) is 53.4 Å². The molecule has 0 saturated carbocycles. The summed E-state index contributed by atoms with van der Waals surface area (Å²) < 4.78 is 37.1. The topological polar surface area (TPSA) is 72.9 Å². The highest BCUT2D eigenvalue weighted by Crippen LogP contribution is 2.24. The van der Waals surface area contributed by atoms with Crippen LogP contribution in [0.1, 0.15) is 30.1 Å². The van der Waals surface area contributed by atoms with Crippen LogP contribution in [0.3, 0.4) is 0 Å². The van der Waals surface area contributed by atoms with Gasteiger partial charge in [-0.3, -0.25) is 4.31 Å². The highest BCUT2D eigenvalue weighted by molar-refractivity contribution is 7.92. The fraction of sp³-hybridized carbons (Fsp3) is 0.316. The summed E-state index contributed by atoms with van der Waals surface area (Å²) >= 11 is 0. The highest BCUT2D eigenvalue weighted by Gasteiger charge is 2.22. The second-order valence-corrected chi connectivity index (χ2v) is 7.66. The number of methoxy groups -OCH3 is 1. The van der Waals surface area contributed by atoms with Crippen LogP contribution in [0.4, 0.5) is 5.69 Å². The van der Waals surface area contributed by atoms with E-state index in [1.165, 1.54) is 25.2 Å². The summed E-state index contributed by atoms with van der Waals surface area (Å²) in [5.41, 5.74) is 0.701. The standard InChI is InChI=1S/C19H23NO5S/c1-4-5-13-25-19(21)15-7-6-8-18(14-15)26(22,23)20(2)16-9-11-17(24-3)12-10-16/h6-12,14H,4-5,13H2,1-3H3. The fourth-order valence-electron chi connectivity index (χ4n) is 2.27. The molecule has 0 atom stereocenters. The molecule has 140 valence electrons. The summed E-state index contributed by atoms with van der Waals surface area (Å²) in [6.45, 7) is 2.31. The predicted octanol–water partition coefficient (Wildman–Crippen LogP) is 3.48. The quantitative estimate of drug-likeness (QED) is 0.520. The molecule has 7 heteroatoms. The predicted molar refractivity (Wildman–Crippen MR) is 100 cm³/mol. The van der Waals surface area contributed by atoms with Gasteiger partial charge in [0.25, 0.3) is 10.0 Å². The van der Waals surface area contributed by atoms with Crippen molar-refractivity contribution in [3.05, 3.63) is 54.1 Å². The zero-order valence-electron chi connectivity index (χ0n) is 15.1. The van der Waals surface area contributed by atoms with E-state index in [1.54, 1.807) is 37.4 Å². The van der Waals surface area contributed by atoms with Crippen LogP contribution in [0.25, 0.3) is 0 Å². The number of nitrogens with zero attached hydrogens (tertiary/aromatic N) is 1. The summed E-state index contributed by atoms with van der Waals surface area (Å²) in [6.07, 6.45) is 1.68. The number of esters is 1. The number of hydrogen-bond donors (Lipinski definition) is 0. The minimum absolute atomic E-state index is 0.0285. The van der Waals surface area contributed by atoms with Gasteiger partial charge in [-0.05, 0) is 48.9 Å². The van der Waals surface area contributed by atoms with E-state index in [0.717, 1.165) is 17.1 Å². The summed E-state index contributed by atoms with van der Waals surface area (Å²) in [4.78, 5) is 12.1. The zero-order chi connectivity index (χ0) is 19.2. The van der Waals surface area contributed by atoms with Crippen LogP contribution < -0.4 is 9.04 Å². The van der Waals surface area contributed by atoms with E-state index in [9.17, 15) is 13.2 Å². The van der Waals surface area contributed by atoms with Crippen molar-refractivity contribution in [2.24, 2.45) is 0 Å². The second kappa shape index (κ2) is 8.71. The number of benzene rings is 2. The molecule has 0 amide bonds. The van der Waals surface area contributed by atoms with E-state index < -0.39 is 16.0 Å². The molecule has 0 aliphatic heterocycles. The molecule has 2 aromatic rings. The van der Waals surface area contributed by atoms with Crippen molar-refractivity contribution in [1.82, 2.24) is 0 Å². The van der Waals surface area contributed by atoms with Gasteiger partial charge in [-0.15, -0.1) is 0 Å². The minimum atomic E-state index is -3.81. The zero-order valence-corrected chi connectivity index (χ0v) is 16.0. The maximum atomic E-state index is 12.9. The molecule has 0 spiro atoms. The van der Waals surface area contributed by atoms with Gasteiger partial charge < -0.3 is 9.47 Å². The van der Waals surface area contributed by atoms with Crippen LogP contribution >= 0.6 is 0 Å². The first-order valence-electron chi connectivity index (χ1n) is 8.30. The van der Waals surface area contributed by atoms with E-state index >= 15 is 0 Å². The van der Waals surface area contributed by atoms with Crippen molar-refractivity contribution in [3.63, 3.8) is 0 Å². The molecule has 0 saturated heterocycles. The van der Waals surface area contributed by atoms with E-state index in [0.29, 0.717) is 18.0 Å². The van der Waals surface area contributed by atoms with Gasteiger partial charge in [-0.25, -0.2) is 13.2 Å². The van der Waals surface area contributed by atoms with Crippen molar-refractivity contribution < 1.29 is 22.7 Å². The van der Waals surface area contributed by atoms with Gasteiger partial charge in [0.05, 0.1) is 29.9 Å². The first kappa shape index (κ1) is 19.8. The average molecular weight is 377 g/mol. The molecule has 0 N–H and O–H groups in total. The molecule has 2 aromatic carbocycles. The van der Waals surface area contributed by atoms with Gasteiger partial charge in [-0.2, -0.15) is 0 Å². The third-order valence-electron chi connectivity index (χ3n) is 3.90. The number of carbonyl (C=O) groups excluding carboxylic acids is 1. The molecule has 0 aliphatic rings. The molecule has 0 unspecified atom stereocenters. The lowest BCUT2D eigenvalue weighted by Crippen LogP contribution is -2.26. The first-order chi connectivity index (χ1) is 12.4. The minimum Gasteiger partial charge on any atom is -0.497 e. The SMILES string of the molecule is CCCCOC(=O)c1cccc(S(=O)(=O)N(C)c2ccc(OC)cc2)c1. The third kappa shape index (κ3) is 4.54. The Bertz CT molecular complexity index is 846. The Hall–Kier alpha value is -2.54. The Kier molecular flexibility index (Phi) is 6.63. The molecule has 0 radical (unpaired) electrons. The number of anilines is 1. The summed E-state index contributed by atoms with van der Waals surface area (Å²) in [7, 11) is -0.804. The van der Waals surface area contributed by atoms with Gasteiger partial charge >= 0.3 is 5.97 Å². The van der Waals surface area contributed by atoms with Crippen molar-refractivity contribution in [2.45, 2.75) is 24.7 Å². The lowest BCUT2D eigenvalue weighted by atomic mass is 10.2. The number of ether oxygens (including phenoxy) is 2. The van der Waals surface area contributed by atoms with Crippen molar-refractivity contribution >= 4 is 21.7 Å². The van der Waals surface area contributed by atoms with Crippen molar-refractivity contribution in [2.75, 3.05) is 25.1 Å². The van der Waals surface area contributed by atoms with E-state index in [1.807, 2.05) is 6.92 Å². The first-order valence-corrected chi connectivity index (χ1v) is 9.74. The number of unbranched alkanes of at least 4 members (excludes halogenated alkanes) is 1. The van der Waals surface area contributed by atoms with E-state index in [2.05, 4.69) is 0 Å².